The maximum absolute atomic E-state index is 3.97. The molecule has 0 aromatic heterocycles. The van der Waals surface area contributed by atoms with Crippen molar-refractivity contribution in [3.8, 4) is 0 Å². The zero-order valence-electron chi connectivity index (χ0n) is 7.83. The molecule has 0 radical (unpaired) electrons. The monoisotopic (exact) mass is 156 g/mol. The molecule has 0 aliphatic rings. The van der Waals surface area contributed by atoms with E-state index >= 15 is 0 Å². The van der Waals surface area contributed by atoms with E-state index in [1.54, 1.807) is 0 Å². The standard InChI is InChI=1S/C9H20Si/c1-6-10(5,7-2)8-9(3)4/h3,6-8H2,1-2,4-5H3. The van der Waals surface area contributed by atoms with Crippen LogP contribution in [-0.2, 0) is 0 Å². The van der Waals surface area contributed by atoms with Gasteiger partial charge >= 0.3 is 0 Å². The first-order valence-corrected chi connectivity index (χ1v) is 7.30. The average Bonchev–Trinajstić information content (AvgIpc) is 1.87. The second-order valence-corrected chi connectivity index (χ2v) is 9.04. The summed E-state index contributed by atoms with van der Waals surface area (Å²) < 4.78 is 0. The summed E-state index contributed by atoms with van der Waals surface area (Å²) in [6.45, 7) is 13.2. The Morgan fingerprint density at radius 2 is 1.70 bits per heavy atom. The molecular weight excluding hydrogens is 136 g/mol. The predicted octanol–water partition coefficient (Wildman–Crippen LogP) is 3.68. The summed E-state index contributed by atoms with van der Waals surface area (Å²) in [7, 11) is -0.860. The van der Waals surface area contributed by atoms with Gasteiger partial charge in [0.1, 0.15) is 0 Å². The predicted molar refractivity (Wildman–Crippen MR) is 52.2 cm³/mol. The maximum atomic E-state index is 3.97. The van der Waals surface area contributed by atoms with Gasteiger partial charge in [-0.15, -0.1) is 6.58 Å². The molecule has 0 unspecified atom stereocenters. The molecule has 0 aromatic carbocycles. The fourth-order valence-corrected chi connectivity index (χ4v) is 3.69. The normalized spacial score (nSPS) is 11.6. The van der Waals surface area contributed by atoms with E-state index in [1.165, 1.54) is 23.7 Å². The molecule has 0 aromatic rings. The maximum Gasteiger partial charge on any atom is 0.0539 e. The van der Waals surface area contributed by atoms with Gasteiger partial charge in [0.25, 0.3) is 0 Å². The van der Waals surface area contributed by atoms with E-state index in [2.05, 4.69) is 33.9 Å². The third-order valence-corrected chi connectivity index (χ3v) is 7.31. The Morgan fingerprint density at radius 1 is 1.30 bits per heavy atom. The Bertz CT molecular complexity index is 112. The minimum Gasteiger partial charge on any atom is -0.100 e. The third-order valence-electron chi connectivity index (χ3n) is 2.44. The second kappa shape index (κ2) is 3.97. The van der Waals surface area contributed by atoms with E-state index in [9.17, 15) is 0 Å². The van der Waals surface area contributed by atoms with E-state index in [-0.39, 0.29) is 0 Å². The summed E-state index contributed by atoms with van der Waals surface area (Å²) in [5.74, 6) is 0. The highest BCUT2D eigenvalue weighted by Crippen LogP contribution is 2.23. The first-order chi connectivity index (χ1) is 4.54. The summed E-state index contributed by atoms with van der Waals surface area (Å²) >= 11 is 0. The van der Waals surface area contributed by atoms with Crippen molar-refractivity contribution in [1.29, 1.82) is 0 Å². The highest BCUT2D eigenvalue weighted by Gasteiger charge is 2.21. The van der Waals surface area contributed by atoms with Crippen LogP contribution in [-0.4, -0.2) is 8.07 Å². The van der Waals surface area contributed by atoms with Gasteiger partial charge in [-0.05, 0) is 13.0 Å². The molecule has 10 heavy (non-hydrogen) atoms. The molecule has 0 bridgehead atoms. The summed E-state index contributed by atoms with van der Waals surface area (Å²) in [5, 5.41) is 0. The molecule has 0 atom stereocenters. The summed E-state index contributed by atoms with van der Waals surface area (Å²) in [4.78, 5) is 0. The van der Waals surface area contributed by atoms with E-state index < -0.39 is 8.07 Å². The van der Waals surface area contributed by atoms with Crippen molar-refractivity contribution in [3.05, 3.63) is 12.2 Å². The molecule has 0 aliphatic carbocycles. The molecule has 0 spiro atoms. The van der Waals surface area contributed by atoms with Crippen molar-refractivity contribution in [3.63, 3.8) is 0 Å². The van der Waals surface area contributed by atoms with Gasteiger partial charge in [-0.2, -0.15) is 0 Å². The Balaban J connectivity index is 3.92. The van der Waals surface area contributed by atoms with E-state index in [1.807, 2.05) is 0 Å². The molecule has 0 saturated heterocycles. The molecule has 0 rings (SSSR count). The third kappa shape index (κ3) is 3.21. The van der Waals surface area contributed by atoms with Crippen LogP contribution in [0, 0.1) is 0 Å². The van der Waals surface area contributed by atoms with Crippen LogP contribution in [0.5, 0.6) is 0 Å². The molecule has 0 nitrogen and oxygen atoms in total. The fraction of sp³-hybridized carbons (Fsp3) is 0.778. The molecule has 0 N–H and O–H groups in total. The smallest absolute Gasteiger partial charge is 0.0539 e. The van der Waals surface area contributed by atoms with Crippen molar-refractivity contribution in [2.45, 2.75) is 45.5 Å². The zero-order valence-corrected chi connectivity index (χ0v) is 8.83. The van der Waals surface area contributed by atoms with Crippen molar-refractivity contribution >= 4 is 8.07 Å². The summed E-state index contributed by atoms with van der Waals surface area (Å²) in [6.07, 6.45) is 0. The summed E-state index contributed by atoms with van der Waals surface area (Å²) in [6, 6.07) is 4.12. The number of rotatable bonds is 4. The highest BCUT2D eigenvalue weighted by molar-refractivity contribution is 6.79. The average molecular weight is 156 g/mol. The Hall–Kier alpha value is -0.0431. The highest BCUT2D eigenvalue weighted by atomic mass is 28.3. The minimum atomic E-state index is -0.860. The van der Waals surface area contributed by atoms with Crippen LogP contribution in [0.4, 0.5) is 0 Å². The van der Waals surface area contributed by atoms with Crippen LogP contribution >= 0.6 is 0 Å². The summed E-state index contributed by atoms with van der Waals surface area (Å²) in [5.41, 5.74) is 1.37. The lowest BCUT2D eigenvalue weighted by molar-refractivity contribution is 1.18. The van der Waals surface area contributed by atoms with Crippen molar-refractivity contribution in [1.82, 2.24) is 0 Å². The van der Waals surface area contributed by atoms with Crippen molar-refractivity contribution in [2.24, 2.45) is 0 Å². The topological polar surface area (TPSA) is 0 Å². The lowest BCUT2D eigenvalue weighted by Gasteiger charge is -2.23. The Morgan fingerprint density at radius 3 is 1.80 bits per heavy atom. The molecule has 60 valence electrons. The Kier molecular flexibility index (Phi) is 3.95. The van der Waals surface area contributed by atoms with Gasteiger partial charge in [-0.1, -0.05) is 38.1 Å². The van der Waals surface area contributed by atoms with Crippen LogP contribution in [0.15, 0.2) is 12.2 Å². The number of allylic oxidation sites excluding steroid dienone is 1. The quantitative estimate of drug-likeness (QED) is 0.430. The molecule has 0 amide bonds. The van der Waals surface area contributed by atoms with Crippen molar-refractivity contribution in [2.75, 3.05) is 0 Å². The van der Waals surface area contributed by atoms with Gasteiger partial charge in [0.15, 0.2) is 0 Å². The Labute approximate surface area is 66.4 Å². The van der Waals surface area contributed by atoms with Gasteiger partial charge in [-0.3, -0.25) is 0 Å². The molecule has 0 fully saturated rings. The van der Waals surface area contributed by atoms with Crippen LogP contribution in [0.3, 0.4) is 0 Å². The minimum absolute atomic E-state index is 0.860. The van der Waals surface area contributed by atoms with Gasteiger partial charge in [0, 0.05) is 0 Å². The lowest BCUT2D eigenvalue weighted by atomic mass is 10.4. The van der Waals surface area contributed by atoms with E-state index in [0.29, 0.717) is 0 Å². The van der Waals surface area contributed by atoms with Gasteiger partial charge in [-0.25, -0.2) is 0 Å². The lowest BCUT2D eigenvalue weighted by Crippen LogP contribution is -2.27. The largest absolute Gasteiger partial charge is 0.100 e. The van der Waals surface area contributed by atoms with Crippen LogP contribution in [0.2, 0.25) is 24.7 Å². The van der Waals surface area contributed by atoms with E-state index in [4.69, 9.17) is 0 Å². The zero-order chi connectivity index (χ0) is 8.20. The molecule has 0 heterocycles. The van der Waals surface area contributed by atoms with Gasteiger partial charge < -0.3 is 0 Å². The molecule has 1 heteroatoms. The van der Waals surface area contributed by atoms with E-state index in [0.717, 1.165) is 0 Å². The SMILES string of the molecule is C=C(C)C[Si](C)(CC)CC. The van der Waals surface area contributed by atoms with Gasteiger partial charge in [0.2, 0.25) is 0 Å². The second-order valence-electron chi connectivity index (χ2n) is 3.65. The van der Waals surface area contributed by atoms with Gasteiger partial charge in [0.05, 0.1) is 8.07 Å². The molecular formula is C9H20Si. The van der Waals surface area contributed by atoms with Crippen molar-refractivity contribution < 1.29 is 0 Å². The first kappa shape index (κ1) is 9.96. The fourth-order valence-electron chi connectivity index (χ4n) is 1.23. The van der Waals surface area contributed by atoms with Crippen LogP contribution < -0.4 is 0 Å². The van der Waals surface area contributed by atoms with Crippen LogP contribution in [0.25, 0.3) is 0 Å². The van der Waals surface area contributed by atoms with Crippen LogP contribution in [0.1, 0.15) is 20.8 Å². The molecule has 0 saturated carbocycles. The number of hydrogen-bond donors (Lipinski definition) is 0. The number of hydrogen-bond acceptors (Lipinski definition) is 0. The first-order valence-electron chi connectivity index (χ1n) is 4.18. The molecule has 0 aliphatic heterocycles.